The van der Waals surface area contributed by atoms with Crippen molar-refractivity contribution in [2.45, 2.75) is 42.5 Å². The lowest BCUT2D eigenvalue weighted by molar-refractivity contribution is -0.387. The van der Waals surface area contributed by atoms with Crippen molar-refractivity contribution in [2.24, 2.45) is 0 Å². The van der Waals surface area contributed by atoms with E-state index in [-0.39, 0.29) is 22.1 Å². The molecule has 1 N–H and O–H groups in total. The van der Waals surface area contributed by atoms with Gasteiger partial charge in [-0.2, -0.15) is 0 Å². The molecule has 2 atom stereocenters. The number of amides is 1. The van der Waals surface area contributed by atoms with Crippen molar-refractivity contribution in [3.8, 4) is 0 Å². The molecule has 1 amide bonds. The Morgan fingerprint density at radius 2 is 2.00 bits per heavy atom. The van der Waals surface area contributed by atoms with Crippen molar-refractivity contribution < 1.29 is 13.9 Å². The number of nitrogens with zero attached hydrogens (tertiary/aromatic N) is 2. The van der Waals surface area contributed by atoms with Gasteiger partial charge in [0.25, 0.3) is 11.6 Å². The third-order valence-corrected chi connectivity index (χ3v) is 6.70. The Morgan fingerprint density at radius 3 is 2.66 bits per heavy atom. The second-order valence-electron chi connectivity index (χ2n) is 7.16. The minimum Gasteiger partial charge on any atom is -0.350 e. The van der Waals surface area contributed by atoms with Gasteiger partial charge in [0.1, 0.15) is 4.90 Å². The number of likely N-dealkylation sites (tertiary alicyclic amines) is 1. The maximum absolute atomic E-state index is 12.8. The SMILES string of the molecule is CCN1CCCC1CNC(=O)c1ccc(S(=O)c2ccc(C)cc2)c([N+](=O)[O-])c1. The molecule has 3 rings (SSSR count). The van der Waals surface area contributed by atoms with Crippen molar-refractivity contribution in [3.63, 3.8) is 0 Å². The van der Waals surface area contributed by atoms with Gasteiger partial charge < -0.3 is 5.32 Å². The summed E-state index contributed by atoms with van der Waals surface area (Å²) in [6.45, 7) is 6.48. The molecule has 2 unspecified atom stereocenters. The van der Waals surface area contributed by atoms with Gasteiger partial charge in [-0.25, -0.2) is 4.21 Å². The molecule has 1 fully saturated rings. The van der Waals surface area contributed by atoms with Gasteiger partial charge in [-0.05, 0) is 57.1 Å². The van der Waals surface area contributed by atoms with Crippen LogP contribution in [0.5, 0.6) is 0 Å². The number of likely N-dealkylation sites (N-methyl/N-ethyl adjacent to an activating group) is 1. The average Bonchev–Trinajstić information content (AvgIpc) is 3.19. The number of carbonyl (C=O) groups excluding carboxylic acids is 1. The van der Waals surface area contributed by atoms with Crippen LogP contribution >= 0.6 is 0 Å². The number of benzene rings is 2. The summed E-state index contributed by atoms with van der Waals surface area (Å²) >= 11 is 0. The van der Waals surface area contributed by atoms with E-state index in [4.69, 9.17) is 0 Å². The van der Waals surface area contributed by atoms with Crippen LogP contribution in [0.2, 0.25) is 0 Å². The molecular formula is C21H25N3O4S. The van der Waals surface area contributed by atoms with Crippen LogP contribution < -0.4 is 5.32 Å². The van der Waals surface area contributed by atoms with Crippen LogP contribution in [0.15, 0.2) is 52.3 Å². The van der Waals surface area contributed by atoms with Crippen LogP contribution in [0, 0.1) is 17.0 Å². The fourth-order valence-electron chi connectivity index (χ4n) is 3.60. The molecular weight excluding hydrogens is 390 g/mol. The number of nitrogens with one attached hydrogen (secondary N) is 1. The normalized spacial score (nSPS) is 17.8. The summed E-state index contributed by atoms with van der Waals surface area (Å²) in [5, 5.41) is 14.4. The van der Waals surface area contributed by atoms with E-state index in [0.29, 0.717) is 17.5 Å². The zero-order valence-electron chi connectivity index (χ0n) is 16.6. The highest BCUT2D eigenvalue weighted by Crippen LogP contribution is 2.28. The van der Waals surface area contributed by atoms with Crippen molar-refractivity contribution in [1.82, 2.24) is 10.2 Å². The first-order valence-corrected chi connectivity index (χ1v) is 10.8. The van der Waals surface area contributed by atoms with E-state index in [0.717, 1.165) is 31.5 Å². The zero-order valence-corrected chi connectivity index (χ0v) is 17.4. The molecule has 0 spiro atoms. The van der Waals surface area contributed by atoms with Gasteiger partial charge in [0, 0.05) is 29.1 Å². The Labute approximate surface area is 172 Å². The Morgan fingerprint density at radius 1 is 1.28 bits per heavy atom. The van der Waals surface area contributed by atoms with Gasteiger partial charge in [0.15, 0.2) is 0 Å². The van der Waals surface area contributed by atoms with E-state index in [9.17, 15) is 19.1 Å². The van der Waals surface area contributed by atoms with Crippen LogP contribution in [-0.2, 0) is 10.8 Å². The van der Waals surface area contributed by atoms with Gasteiger partial charge in [-0.1, -0.05) is 24.6 Å². The third-order valence-electron chi connectivity index (χ3n) is 5.26. The maximum atomic E-state index is 12.8. The van der Waals surface area contributed by atoms with Crippen molar-refractivity contribution >= 4 is 22.4 Å². The lowest BCUT2D eigenvalue weighted by Gasteiger charge is -2.22. The molecule has 154 valence electrons. The highest BCUT2D eigenvalue weighted by atomic mass is 32.2. The van der Waals surface area contributed by atoms with Crippen LogP contribution in [-0.4, -0.2) is 45.6 Å². The molecule has 0 radical (unpaired) electrons. The van der Waals surface area contributed by atoms with Gasteiger partial charge >= 0.3 is 0 Å². The molecule has 0 aromatic heterocycles. The van der Waals surface area contributed by atoms with Crippen LogP contribution in [0.3, 0.4) is 0 Å². The smallest absolute Gasteiger partial charge is 0.286 e. The van der Waals surface area contributed by atoms with Crippen molar-refractivity contribution in [1.29, 1.82) is 0 Å². The predicted octanol–water partition coefficient (Wildman–Crippen LogP) is 3.28. The second kappa shape index (κ2) is 9.28. The summed E-state index contributed by atoms with van der Waals surface area (Å²) in [6.07, 6.45) is 2.14. The molecule has 29 heavy (non-hydrogen) atoms. The van der Waals surface area contributed by atoms with Gasteiger partial charge in [0.05, 0.1) is 15.7 Å². The highest BCUT2D eigenvalue weighted by Gasteiger charge is 2.25. The summed E-state index contributed by atoms with van der Waals surface area (Å²) in [7, 11) is -1.70. The van der Waals surface area contributed by atoms with Crippen LogP contribution in [0.4, 0.5) is 5.69 Å². The molecule has 1 heterocycles. The summed E-state index contributed by atoms with van der Waals surface area (Å²) in [5.41, 5.74) is 0.895. The molecule has 1 saturated heterocycles. The lowest BCUT2D eigenvalue weighted by Crippen LogP contribution is -2.40. The van der Waals surface area contributed by atoms with E-state index in [2.05, 4.69) is 17.1 Å². The molecule has 0 aliphatic carbocycles. The summed E-state index contributed by atoms with van der Waals surface area (Å²) in [5.74, 6) is -0.358. The molecule has 1 aliphatic rings. The first-order chi connectivity index (χ1) is 13.9. The molecule has 0 saturated carbocycles. The standard InChI is InChI=1S/C21H25N3O4S/c1-3-23-12-4-5-17(23)14-22-21(25)16-8-11-20(19(13-16)24(26)27)29(28)18-9-6-15(2)7-10-18/h6-11,13,17H,3-5,12,14H2,1-2H3,(H,22,25). The zero-order chi connectivity index (χ0) is 21.0. The molecule has 2 aromatic carbocycles. The maximum Gasteiger partial charge on any atom is 0.286 e. The van der Waals surface area contributed by atoms with Crippen LogP contribution in [0.1, 0.15) is 35.7 Å². The van der Waals surface area contributed by atoms with E-state index in [1.807, 2.05) is 19.1 Å². The minimum absolute atomic E-state index is 0.0864. The van der Waals surface area contributed by atoms with Gasteiger partial charge in [-0.15, -0.1) is 0 Å². The molecule has 7 nitrogen and oxygen atoms in total. The molecule has 1 aliphatic heterocycles. The first kappa shape index (κ1) is 21.1. The van der Waals surface area contributed by atoms with Crippen molar-refractivity contribution in [3.05, 3.63) is 63.7 Å². The van der Waals surface area contributed by atoms with E-state index < -0.39 is 15.7 Å². The Bertz CT molecular complexity index is 930. The van der Waals surface area contributed by atoms with Crippen molar-refractivity contribution in [2.75, 3.05) is 19.6 Å². The quantitative estimate of drug-likeness (QED) is 0.553. The number of nitro benzene ring substituents is 1. The minimum atomic E-state index is -1.70. The monoisotopic (exact) mass is 415 g/mol. The lowest BCUT2D eigenvalue weighted by atomic mass is 10.1. The number of hydrogen-bond acceptors (Lipinski definition) is 5. The highest BCUT2D eigenvalue weighted by molar-refractivity contribution is 7.85. The average molecular weight is 416 g/mol. The predicted molar refractivity (Wildman–Crippen MR) is 112 cm³/mol. The van der Waals surface area contributed by atoms with E-state index in [1.54, 1.807) is 12.1 Å². The molecule has 2 aromatic rings. The number of nitro groups is 1. The Kier molecular flexibility index (Phi) is 6.76. The summed E-state index contributed by atoms with van der Waals surface area (Å²) in [6, 6.07) is 11.4. The summed E-state index contributed by atoms with van der Waals surface area (Å²) in [4.78, 5) is 26.4. The molecule has 0 bridgehead atoms. The Balaban J connectivity index is 1.78. The fourth-order valence-corrected chi connectivity index (χ4v) is 4.75. The van der Waals surface area contributed by atoms with E-state index >= 15 is 0 Å². The number of carbonyl (C=O) groups is 1. The second-order valence-corrected chi connectivity index (χ2v) is 8.60. The number of aryl methyl sites for hydroxylation is 1. The van der Waals surface area contributed by atoms with E-state index in [1.165, 1.54) is 18.2 Å². The Hall–Kier alpha value is -2.58. The summed E-state index contributed by atoms with van der Waals surface area (Å²) < 4.78 is 12.8. The third kappa shape index (κ3) is 4.89. The first-order valence-electron chi connectivity index (χ1n) is 9.70. The molecule has 8 heteroatoms. The fraction of sp³-hybridized carbons (Fsp3) is 0.381. The number of hydrogen-bond donors (Lipinski definition) is 1. The largest absolute Gasteiger partial charge is 0.350 e. The van der Waals surface area contributed by atoms with Gasteiger partial charge in [0.2, 0.25) is 0 Å². The van der Waals surface area contributed by atoms with Gasteiger partial charge in [-0.3, -0.25) is 19.8 Å². The number of rotatable bonds is 7. The van der Waals surface area contributed by atoms with Crippen LogP contribution in [0.25, 0.3) is 0 Å². The topological polar surface area (TPSA) is 92.6 Å².